The van der Waals surface area contributed by atoms with Crippen LogP contribution in [-0.2, 0) is 22.5 Å². The predicted molar refractivity (Wildman–Crippen MR) is 264 cm³/mol. The third kappa shape index (κ3) is 17.0. The van der Waals surface area contributed by atoms with Crippen molar-refractivity contribution in [1.82, 2.24) is 25.1 Å². The second-order valence-corrected chi connectivity index (χ2v) is 20.1. The zero-order chi connectivity index (χ0) is 47.3. The third-order valence-electron chi connectivity index (χ3n) is 12.6. The number of allylic oxidation sites excluding steroid dienone is 2. The van der Waals surface area contributed by atoms with Crippen LogP contribution >= 0.6 is 22.7 Å². The number of nitrogens with one attached hydrogen (secondary N) is 2. The van der Waals surface area contributed by atoms with E-state index >= 15 is 0 Å². The van der Waals surface area contributed by atoms with Gasteiger partial charge >= 0.3 is 10.8 Å². The van der Waals surface area contributed by atoms with Gasteiger partial charge in [0.2, 0.25) is 0 Å². The number of amides is 1. The van der Waals surface area contributed by atoms with E-state index in [1.807, 2.05) is 22.4 Å². The van der Waals surface area contributed by atoms with Crippen LogP contribution in [0.1, 0.15) is 168 Å². The summed E-state index contributed by atoms with van der Waals surface area (Å²) in [5.74, 6) is -0.688. The summed E-state index contributed by atoms with van der Waals surface area (Å²) in [6.45, 7) is 11.1. The molecule has 0 radical (unpaired) electrons. The number of rotatable bonds is 25. The molecular formula is C51H74FN5O7S2. The lowest BCUT2D eigenvalue weighted by molar-refractivity contribution is -0.137. The van der Waals surface area contributed by atoms with Gasteiger partial charge in [-0.05, 0) is 81.2 Å². The number of morpholine rings is 1. The molecule has 2 aliphatic heterocycles. The molecular weight excluding hydrogens is 878 g/mol. The second kappa shape index (κ2) is 27.7. The van der Waals surface area contributed by atoms with Crippen molar-refractivity contribution in [2.45, 2.75) is 154 Å². The van der Waals surface area contributed by atoms with Crippen LogP contribution in [0.4, 0.5) is 4.39 Å². The molecule has 15 heteroatoms. The molecule has 2 aromatic heterocycles. The van der Waals surface area contributed by atoms with Crippen LogP contribution in [0.3, 0.4) is 0 Å². The molecule has 1 atom stereocenters. The first-order valence-corrected chi connectivity index (χ1v) is 26.1. The molecule has 4 heterocycles. The quantitative estimate of drug-likeness (QED) is 0.0319. The molecule has 0 aliphatic carbocycles. The van der Waals surface area contributed by atoms with Crippen molar-refractivity contribution in [2.75, 3.05) is 45.9 Å². The number of hydrogen-bond acceptors (Lipinski definition) is 11. The number of hydrogen-bond donors (Lipinski definition) is 5. The maximum absolute atomic E-state index is 14.7. The van der Waals surface area contributed by atoms with Crippen LogP contribution < -0.4 is 10.2 Å². The van der Waals surface area contributed by atoms with Gasteiger partial charge in [0.25, 0.3) is 5.91 Å². The standard InChI is InChI=1S/C33H40FN5O5S2.C18H34O2/c1-20(2)30-36-25(18-45-30)31(42)39-13-14-44-33(19-39)8-11-38(12-9-33)17-21-3-5-24(34)22(15-21)7-10-35-16-27(41)23-4-6-26(40)28-29(23)46-32(43)37-28;1-2-3-4-5-6-7-8-9-10-11-12-13-14-15-16-17-18(19)20/h3-6,15,18,20,27,35,40-41H,7-14,16-17,19H2,1-2H3,(H,37,43);9-10H,2-8,11-17H2,1H3,(H,19,20)/b;10-9-/t27-;/m0./s1. The lowest BCUT2D eigenvalue weighted by Gasteiger charge is -2.47. The average molecular weight is 952 g/mol. The number of thiazole rings is 2. The zero-order valence-electron chi connectivity index (χ0n) is 39.5. The van der Waals surface area contributed by atoms with Crippen molar-refractivity contribution in [3.05, 3.63) is 90.7 Å². The Morgan fingerprint density at radius 1 is 0.985 bits per heavy atom. The fourth-order valence-corrected chi connectivity index (χ4v) is 10.4. The number of phenolic OH excluding ortho intramolecular Hbond substituents is 1. The summed E-state index contributed by atoms with van der Waals surface area (Å²) in [7, 11) is 0. The summed E-state index contributed by atoms with van der Waals surface area (Å²) < 4.78 is 21.5. The molecule has 5 N–H and O–H groups in total. The minimum Gasteiger partial charge on any atom is -0.506 e. The van der Waals surface area contributed by atoms with E-state index in [0.29, 0.717) is 78.6 Å². The maximum Gasteiger partial charge on any atom is 0.305 e. The molecule has 2 aromatic carbocycles. The Morgan fingerprint density at radius 3 is 2.36 bits per heavy atom. The molecule has 2 aliphatic rings. The number of phenols is 1. The van der Waals surface area contributed by atoms with Gasteiger partial charge < -0.3 is 35.3 Å². The number of likely N-dealkylation sites (tertiary alicyclic amines) is 1. The Kier molecular flexibility index (Phi) is 22.3. The lowest BCUT2D eigenvalue weighted by Crippen LogP contribution is -2.58. The number of aromatic amines is 1. The topological polar surface area (TPSA) is 168 Å². The number of aromatic hydroxyl groups is 1. The first-order chi connectivity index (χ1) is 31.9. The number of halogens is 1. The van der Waals surface area contributed by atoms with Crippen molar-refractivity contribution in [2.24, 2.45) is 0 Å². The van der Waals surface area contributed by atoms with E-state index in [1.165, 1.54) is 94.1 Å². The van der Waals surface area contributed by atoms with Crippen LogP contribution in [0.15, 0.2) is 52.7 Å². The number of ether oxygens (including phenoxy) is 1. The highest BCUT2D eigenvalue weighted by molar-refractivity contribution is 7.16. The predicted octanol–water partition coefficient (Wildman–Crippen LogP) is 10.5. The van der Waals surface area contributed by atoms with Crippen molar-refractivity contribution in [1.29, 1.82) is 0 Å². The van der Waals surface area contributed by atoms with Gasteiger partial charge in [0.15, 0.2) is 0 Å². The van der Waals surface area contributed by atoms with E-state index < -0.39 is 12.1 Å². The minimum absolute atomic E-state index is 0.0206. The molecule has 0 bridgehead atoms. The number of aliphatic carboxylic acids is 1. The molecule has 364 valence electrons. The van der Waals surface area contributed by atoms with Crippen molar-refractivity contribution >= 4 is 44.8 Å². The lowest BCUT2D eigenvalue weighted by atomic mass is 9.89. The summed E-state index contributed by atoms with van der Waals surface area (Å²) in [5.41, 5.74) is 2.69. The number of carbonyl (C=O) groups is 2. The molecule has 6 rings (SSSR count). The smallest absolute Gasteiger partial charge is 0.305 e. The number of aromatic nitrogens is 2. The third-order valence-corrected chi connectivity index (χ3v) is 14.6. The van der Waals surface area contributed by atoms with Gasteiger partial charge in [-0.15, -0.1) is 11.3 Å². The first-order valence-electron chi connectivity index (χ1n) is 24.4. The SMILES string of the molecule is CC(C)c1nc(C(=O)N2CCOC3(CCN(Cc4ccc(F)c(CCNC[C@H](O)c5ccc(O)c6[nH]c(=O)sc56)c4)CC3)C2)cs1.CCCCCCCC/C=C\CCCCCCCC(=O)O. The number of nitrogens with zero attached hydrogens (tertiary/aromatic N) is 3. The fraction of sp³-hybridized carbons (Fsp3) is 0.608. The molecule has 0 unspecified atom stereocenters. The van der Waals surface area contributed by atoms with E-state index in [0.717, 1.165) is 60.7 Å². The number of carboxylic acid groups (broad SMARTS) is 1. The van der Waals surface area contributed by atoms with Crippen LogP contribution in [0, 0.1) is 5.82 Å². The Hall–Kier alpha value is -3.99. The van der Waals surface area contributed by atoms with Crippen molar-refractivity contribution < 1.29 is 34.0 Å². The number of aliphatic hydroxyl groups is 1. The molecule has 66 heavy (non-hydrogen) atoms. The van der Waals surface area contributed by atoms with Gasteiger partial charge in [0, 0.05) is 56.0 Å². The van der Waals surface area contributed by atoms with Crippen molar-refractivity contribution in [3.63, 3.8) is 0 Å². The van der Waals surface area contributed by atoms with Crippen LogP contribution in [0.25, 0.3) is 10.2 Å². The molecule has 12 nitrogen and oxygen atoms in total. The number of aliphatic hydroxyl groups excluding tert-OH is 1. The molecule has 1 amide bonds. The number of piperidine rings is 1. The van der Waals surface area contributed by atoms with Gasteiger partial charge in [-0.3, -0.25) is 19.3 Å². The molecule has 4 aromatic rings. The molecule has 2 saturated heterocycles. The van der Waals surface area contributed by atoms with E-state index in [2.05, 4.69) is 53.1 Å². The van der Waals surface area contributed by atoms with E-state index in [1.54, 1.807) is 6.07 Å². The number of benzene rings is 2. The molecule has 2 fully saturated rings. The zero-order valence-corrected chi connectivity index (χ0v) is 41.1. The van der Waals surface area contributed by atoms with Gasteiger partial charge in [-0.2, -0.15) is 0 Å². The number of H-pyrrole nitrogens is 1. The van der Waals surface area contributed by atoms with Crippen LogP contribution in [0.2, 0.25) is 0 Å². The summed E-state index contributed by atoms with van der Waals surface area (Å²) in [4.78, 5) is 46.4. The first kappa shape index (κ1) is 53.0. The highest BCUT2D eigenvalue weighted by Gasteiger charge is 2.41. The van der Waals surface area contributed by atoms with Gasteiger partial charge in [-0.1, -0.05) is 114 Å². The van der Waals surface area contributed by atoms with Crippen LogP contribution in [-0.4, -0.2) is 98.4 Å². The molecule has 1 spiro atoms. The van der Waals surface area contributed by atoms with E-state index in [9.17, 15) is 29.0 Å². The van der Waals surface area contributed by atoms with Crippen molar-refractivity contribution in [3.8, 4) is 5.75 Å². The fourth-order valence-electron chi connectivity index (χ4n) is 8.65. The Bertz CT molecular complexity index is 2180. The highest BCUT2D eigenvalue weighted by Crippen LogP contribution is 2.33. The number of carboxylic acids is 1. The van der Waals surface area contributed by atoms with Gasteiger partial charge in [0.1, 0.15) is 22.8 Å². The second-order valence-electron chi connectivity index (χ2n) is 18.3. The minimum atomic E-state index is -0.892. The Morgan fingerprint density at radius 2 is 1.68 bits per heavy atom. The number of unbranched alkanes of at least 4 members (excludes halogenated alkanes) is 11. The van der Waals surface area contributed by atoms with Gasteiger partial charge in [-0.25, -0.2) is 9.37 Å². The summed E-state index contributed by atoms with van der Waals surface area (Å²) in [5, 5.41) is 35.3. The summed E-state index contributed by atoms with van der Waals surface area (Å²) in [6, 6.07) is 8.32. The maximum atomic E-state index is 14.7. The van der Waals surface area contributed by atoms with Gasteiger partial charge in [0.05, 0.1) is 34.6 Å². The monoisotopic (exact) mass is 952 g/mol. The van der Waals surface area contributed by atoms with E-state index in [-0.39, 0.29) is 34.5 Å². The molecule has 0 saturated carbocycles. The highest BCUT2D eigenvalue weighted by atomic mass is 32.1. The number of fused-ring (bicyclic) bond motifs is 1. The largest absolute Gasteiger partial charge is 0.506 e. The Balaban J connectivity index is 0.000000346. The average Bonchev–Trinajstić information content (AvgIpc) is 3.97. The number of carbonyl (C=O) groups excluding carboxylic acids is 1. The summed E-state index contributed by atoms with van der Waals surface area (Å²) in [6.07, 6.45) is 22.4. The normalized spacial score (nSPS) is 15.8. The Labute approximate surface area is 398 Å². The van der Waals surface area contributed by atoms with Crippen LogP contribution in [0.5, 0.6) is 5.75 Å². The van der Waals surface area contributed by atoms with E-state index in [4.69, 9.17) is 9.84 Å². The summed E-state index contributed by atoms with van der Waals surface area (Å²) >= 11 is 2.48.